The maximum Gasteiger partial charge on any atom is 0.322 e. The number of methoxy groups -OCH3 is 1. The molecule has 1 heterocycles. The Labute approximate surface area is 111 Å². The Morgan fingerprint density at radius 2 is 2.28 bits per heavy atom. The summed E-state index contributed by atoms with van der Waals surface area (Å²) in [5.74, 6) is 0.704. The SMILES string of the molecule is CCNC(CCN1CCCC(CC)C1)C(=O)OC. The standard InChI is InChI=1S/C14H28N2O2/c1-4-12-7-6-9-16(11-12)10-8-13(15-5-2)14(17)18-3/h12-13,15H,4-11H2,1-3H3. The minimum atomic E-state index is -0.151. The van der Waals surface area contributed by atoms with Gasteiger partial charge >= 0.3 is 5.97 Å². The Kier molecular flexibility index (Phi) is 7.28. The number of likely N-dealkylation sites (N-methyl/N-ethyl adjacent to an activating group) is 1. The minimum Gasteiger partial charge on any atom is -0.468 e. The van der Waals surface area contributed by atoms with E-state index >= 15 is 0 Å². The van der Waals surface area contributed by atoms with Gasteiger partial charge in [-0.15, -0.1) is 0 Å². The van der Waals surface area contributed by atoms with E-state index in [1.54, 1.807) is 0 Å². The highest BCUT2D eigenvalue weighted by atomic mass is 16.5. The van der Waals surface area contributed by atoms with Gasteiger partial charge in [0, 0.05) is 13.1 Å². The van der Waals surface area contributed by atoms with Crippen LogP contribution in [0.1, 0.15) is 39.5 Å². The predicted molar refractivity (Wildman–Crippen MR) is 73.6 cm³/mol. The van der Waals surface area contributed by atoms with Crippen molar-refractivity contribution in [2.45, 2.75) is 45.6 Å². The van der Waals surface area contributed by atoms with Crippen LogP contribution in [0, 0.1) is 5.92 Å². The van der Waals surface area contributed by atoms with Crippen molar-refractivity contribution in [3.8, 4) is 0 Å². The van der Waals surface area contributed by atoms with E-state index in [2.05, 4.69) is 17.1 Å². The van der Waals surface area contributed by atoms with Crippen LogP contribution in [0.5, 0.6) is 0 Å². The molecule has 0 bridgehead atoms. The number of carbonyl (C=O) groups excluding carboxylic acids is 1. The number of hydrogen-bond donors (Lipinski definition) is 1. The third kappa shape index (κ3) is 4.94. The topological polar surface area (TPSA) is 41.6 Å². The molecule has 1 fully saturated rings. The summed E-state index contributed by atoms with van der Waals surface area (Å²) in [5.41, 5.74) is 0. The number of hydrogen-bond acceptors (Lipinski definition) is 4. The fourth-order valence-corrected chi connectivity index (χ4v) is 2.69. The van der Waals surface area contributed by atoms with Crippen molar-refractivity contribution >= 4 is 5.97 Å². The molecule has 0 aromatic carbocycles. The first-order chi connectivity index (χ1) is 8.71. The van der Waals surface area contributed by atoms with Crippen molar-refractivity contribution in [3.05, 3.63) is 0 Å². The third-order valence-electron chi connectivity index (χ3n) is 3.85. The second-order valence-electron chi connectivity index (χ2n) is 5.14. The van der Waals surface area contributed by atoms with Crippen LogP contribution in [0.15, 0.2) is 0 Å². The second-order valence-corrected chi connectivity index (χ2v) is 5.14. The van der Waals surface area contributed by atoms with Gasteiger partial charge in [-0.05, 0) is 38.3 Å². The maximum absolute atomic E-state index is 11.6. The first-order valence-electron chi connectivity index (χ1n) is 7.24. The van der Waals surface area contributed by atoms with Gasteiger partial charge in [-0.2, -0.15) is 0 Å². The molecule has 0 radical (unpaired) electrons. The number of ether oxygens (including phenoxy) is 1. The third-order valence-corrected chi connectivity index (χ3v) is 3.85. The van der Waals surface area contributed by atoms with E-state index < -0.39 is 0 Å². The monoisotopic (exact) mass is 256 g/mol. The molecular formula is C14H28N2O2. The van der Waals surface area contributed by atoms with Crippen LogP contribution in [0.3, 0.4) is 0 Å². The van der Waals surface area contributed by atoms with Crippen LogP contribution in [-0.2, 0) is 9.53 Å². The number of likely N-dealkylation sites (tertiary alicyclic amines) is 1. The fraction of sp³-hybridized carbons (Fsp3) is 0.929. The first kappa shape index (κ1) is 15.4. The van der Waals surface area contributed by atoms with Crippen molar-refractivity contribution in [1.82, 2.24) is 10.2 Å². The molecule has 0 aromatic heterocycles. The van der Waals surface area contributed by atoms with Gasteiger partial charge in [-0.25, -0.2) is 0 Å². The molecule has 2 unspecified atom stereocenters. The van der Waals surface area contributed by atoms with Crippen molar-refractivity contribution in [1.29, 1.82) is 0 Å². The molecule has 0 saturated carbocycles. The summed E-state index contributed by atoms with van der Waals surface area (Å²) in [6.07, 6.45) is 4.77. The van der Waals surface area contributed by atoms with Gasteiger partial charge in [0.25, 0.3) is 0 Å². The molecule has 2 atom stereocenters. The van der Waals surface area contributed by atoms with Gasteiger partial charge in [0.05, 0.1) is 7.11 Å². The number of nitrogens with one attached hydrogen (secondary N) is 1. The smallest absolute Gasteiger partial charge is 0.322 e. The number of carbonyl (C=O) groups is 1. The molecule has 0 spiro atoms. The van der Waals surface area contributed by atoms with E-state index in [0.29, 0.717) is 0 Å². The molecule has 1 N–H and O–H groups in total. The van der Waals surface area contributed by atoms with Crippen molar-refractivity contribution in [3.63, 3.8) is 0 Å². The zero-order valence-corrected chi connectivity index (χ0v) is 12.1. The fourth-order valence-electron chi connectivity index (χ4n) is 2.69. The van der Waals surface area contributed by atoms with Crippen LogP contribution in [0.2, 0.25) is 0 Å². The summed E-state index contributed by atoms with van der Waals surface area (Å²) in [6, 6.07) is -0.151. The minimum absolute atomic E-state index is 0.138. The van der Waals surface area contributed by atoms with Gasteiger partial charge in [-0.3, -0.25) is 4.79 Å². The molecule has 0 amide bonds. The highest BCUT2D eigenvalue weighted by Crippen LogP contribution is 2.19. The Bertz CT molecular complexity index is 246. The average molecular weight is 256 g/mol. The van der Waals surface area contributed by atoms with Crippen molar-refractivity contribution < 1.29 is 9.53 Å². The normalized spacial score (nSPS) is 22.7. The Morgan fingerprint density at radius 1 is 1.50 bits per heavy atom. The molecule has 1 saturated heterocycles. The summed E-state index contributed by atoms with van der Waals surface area (Å²) >= 11 is 0. The largest absolute Gasteiger partial charge is 0.468 e. The number of nitrogens with zero attached hydrogens (tertiary/aromatic N) is 1. The lowest BCUT2D eigenvalue weighted by Crippen LogP contribution is -2.42. The lowest BCUT2D eigenvalue weighted by molar-refractivity contribution is -0.143. The number of rotatable bonds is 7. The summed E-state index contributed by atoms with van der Waals surface area (Å²) in [7, 11) is 1.46. The van der Waals surface area contributed by atoms with E-state index in [1.807, 2.05) is 6.92 Å². The van der Waals surface area contributed by atoms with Crippen LogP contribution in [0.25, 0.3) is 0 Å². The molecule has 106 valence electrons. The quantitative estimate of drug-likeness (QED) is 0.703. The lowest BCUT2D eigenvalue weighted by atomic mass is 9.95. The molecule has 0 aromatic rings. The number of piperidine rings is 1. The maximum atomic E-state index is 11.6. The van der Waals surface area contributed by atoms with Gasteiger partial charge in [-0.1, -0.05) is 20.3 Å². The summed E-state index contributed by atoms with van der Waals surface area (Å²) < 4.78 is 4.83. The van der Waals surface area contributed by atoms with Crippen molar-refractivity contribution in [2.24, 2.45) is 5.92 Å². The second kappa shape index (κ2) is 8.48. The molecule has 1 aliphatic rings. The molecule has 4 heteroatoms. The zero-order chi connectivity index (χ0) is 13.4. The molecule has 18 heavy (non-hydrogen) atoms. The van der Waals surface area contributed by atoms with Crippen LogP contribution >= 0.6 is 0 Å². The van der Waals surface area contributed by atoms with Crippen LogP contribution in [0.4, 0.5) is 0 Å². The Hall–Kier alpha value is -0.610. The molecule has 4 nitrogen and oxygen atoms in total. The highest BCUT2D eigenvalue weighted by molar-refractivity contribution is 5.75. The van der Waals surface area contributed by atoms with Gasteiger partial charge in [0.15, 0.2) is 0 Å². The molecular weight excluding hydrogens is 228 g/mol. The summed E-state index contributed by atoms with van der Waals surface area (Å²) in [6.45, 7) is 8.45. The predicted octanol–water partition coefficient (Wildman–Crippen LogP) is 1.65. The molecule has 1 rings (SSSR count). The molecule has 1 aliphatic heterocycles. The van der Waals surface area contributed by atoms with E-state index in [1.165, 1.54) is 39.5 Å². The zero-order valence-electron chi connectivity index (χ0n) is 12.1. The van der Waals surface area contributed by atoms with E-state index in [4.69, 9.17) is 4.74 Å². The average Bonchev–Trinajstić information content (AvgIpc) is 2.42. The van der Waals surface area contributed by atoms with Gasteiger partial charge in [0.2, 0.25) is 0 Å². The highest BCUT2D eigenvalue weighted by Gasteiger charge is 2.22. The van der Waals surface area contributed by atoms with E-state index in [0.717, 1.165) is 25.4 Å². The summed E-state index contributed by atoms with van der Waals surface area (Å²) in [5, 5.41) is 3.20. The molecule has 0 aliphatic carbocycles. The summed E-state index contributed by atoms with van der Waals surface area (Å²) in [4.78, 5) is 14.1. The first-order valence-corrected chi connectivity index (χ1v) is 7.24. The van der Waals surface area contributed by atoms with Crippen LogP contribution < -0.4 is 5.32 Å². The van der Waals surface area contributed by atoms with E-state index in [9.17, 15) is 4.79 Å². The number of esters is 1. The lowest BCUT2D eigenvalue weighted by Gasteiger charge is -2.33. The van der Waals surface area contributed by atoms with Gasteiger partial charge in [0.1, 0.15) is 6.04 Å². The Morgan fingerprint density at radius 3 is 2.89 bits per heavy atom. The van der Waals surface area contributed by atoms with E-state index in [-0.39, 0.29) is 12.0 Å². The van der Waals surface area contributed by atoms with Crippen LogP contribution in [-0.4, -0.2) is 50.2 Å². The Balaban J connectivity index is 2.34. The van der Waals surface area contributed by atoms with Crippen molar-refractivity contribution in [2.75, 3.05) is 33.3 Å². The van der Waals surface area contributed by atoms with Gasteiger partial charge < -0.3 is 15.0 Å².